The molecule has 1 N–H and O–H groups in total. The van der Waals surface area contributed by atoms with Crippen molar-refractivity contribution in [2.75, 3.05) is 58.4 Å². The fourth-order valence-electron chi connectivity index (χ4n) is 6.46. The molecule has 0 amide bonds. The lowest BCUT2D eigenvalue weighted by Gasteiger charge is -2.46. The van der Waals surface area contributed by atoms with Gasteiger partial charge in [0, 0.05) is 73.0 Å². The first-order valence-electron chi connectivity index (χ1n) is 14.3. The number of rotatable bonds is 6. The van der Waals surface area contributed by atoms with E-state index >= 15 is 0 Å². The van der Waals surface area contributed by atoms with Crippen molar-refractivity contribution >= 4 is 16.6 Å². The highest BCUT2D eigenvalue weighted by Gasteiger charge is 2.31. The number of ether oxygens (including phenoxy) is 2. The van der Waals surface area contributed by atoms with Crippen LogP contribution in [0.5, 0.6) is 11.5 Å². The van der Waals surface area contributed by atoms with Crippen LogP contribution in [0.25, 0.3) is 22.2 Å². The lowest BCUT2D eigenvalue weighted by Crippen LogP contribution is -2.57. The number of fused-ring (bicyclic) bond motifs is 1. The van der Waals surface area contributed by atoms with E-state index < -0.39 is 0 Å². The van der Waals surface area contributed by atoms with Crippen LogP contribution in [0.1, 0.15) is 58.9 Å². The van der Waals surface area contributed by atoms with Crippen LogP contribution in [-0.2, 0) is 0 Å². The molecule has 1 aromatic heterocycles. The van der Waals surface area contributed by atoms with Gasteiger partial charge < -0.3 is 19.4 Å². The molecule has 2 aliphatic heterocycles. The van der Waals surface area contributed by atoms with Crippen molar-refractivity contribution in [3.05, 3.63) is 42.0 Å². The number of piperidine rings is 1. The number of methoxy groups -OCH3 is 2. The summed E-state index contributed by atoms with van der Waals surface area (Å²) in [6.07, 6.45) is 2.49. The summed E-state index contributed by atoms with van der Waals surface area (Å²) in [5.74, 6) is 1.89. The van der Waals surface area contributed by atoms with Crippen molar-refractivity contribution in [3.8, 4) is 22.8 Å². The topological polar surface area (TPSA) is 44.0 Å². The lowest BCUT2D eigenvalue weighted by atomic mass is 9.95. The summed E-state index contributed by atoms with van der Waals surface area (Å²) in [6.45, 7) is 18.6. The maximum Gasteiger partial charge on any atom is 0.161 e. The van der Waals surface area contributed by atoms with Crippen LogP contribution in [0.2, 0.25) is 0 Å². The number of hydrogen-bond acceptors (Lipinski definition) is 5. The molecular formula is C32H46N4O2. The first kappa shape index (κ1) is 26.9. The van der Waals surface area contributed by atoms with Crippen molar-refractivity contribution in [1.29, 1.82) is 0 Å². The van der Waals surface area contributed by atoms with Crippen LogP contribution in [0.4, 0.5) is 5.69 Å². The number of hydrogen-bond donors (Lipinski definition) is 1. The summed E-state index contributed by atoms with van der Waals surface area (Å²) in [7, 11) is 3.37. The third kappa shape index (κ3) is 5.26. The molecule has 5 rings (SSSR count). The zero-order valence-corrected chi connectivity index (χ0v) is 24.4. The van der Waals surface area contributed by atoms with Crippen LogP contribution < -0.4 is 14.4 Å². The number of nitrogens with zero attached hydrogens (tertiary/aromatic N) is 3. The molecule has 0 unspecified atom stereocenters. The molecule has 2 aliphatic rings. The highest BCUT2D eigenvalue weighted by atomic mass is 16.5. The Labute approximate surface area is 228 Å². The van der Waals surface area contributed by atoms with Crippen LogP contribution in [0.3, 0.4) is 0 Å². The minimum absolute atomic E-state index is 0.278. The zero-order chi connectivity index (χ0) is 27.0. The van der Waals surface area contributed by atoms with E-state index in [4.69, 9.17) is 9.47 Å². The van der Waals surface area contributed by atoms with E-state index in [1.54, 1.807) is 14.2 Å². The average Bonchev–Trinajstić information content (AvgIpc) is 3.31. The minimum atomic E-state index is 0.278. The third-order valence-corrected chi connectivity index (χ3v) is 8.68. The van der Waals surface area contributed by atoms with E-state index in [2.05, 4.69) is 84.6 Å². The second-order valence-corrected chi connectivity index (χ2v) is 12.3. The number of piperazine rings is 1. The molecule has 0 saturated carbocycles. The SMILES string of the molecule is COc1ccc(-c2[nH]c3ccc(N4CCC(N5CCN(C(C)(C)C)CC5)CC4)cc3c2C(C)C)cc1OC. The second kappa shape index (κ2) is 10.8. The Balaban J connectivity index is 1.33. The molecule has 38 heavy (non-hydrogen) atoms. The molecule has 0 aliphatic carbocycles. The Bertz CT molecular complexity index is 1240. The largest absolute Gasteiger partial charge is 0.493 e. The molecular weight excluding hydrogens is 472 g/mol. The summed E-state index contributed by atoms with van der Waals surface area (Å²) >= 11 is 0. The third-order valence-electron chi connectivity index (χ3n) is 8.68. The fraction of sp³-hybridized carbons (Fsp3) is 0.562. The van der Waals surface area contributed by atoms with Crippen LogP contribution in [-0.4, -0.2) is 79.9 Å². The highest BCUT2D eigenvalue weighted by Crippen LogP contribution is 2.40. The molecule has 0 spiro atoms. The quantitative estimate of drug-likeness (QED) is 0.411. The van der Waals surface area contributed by atoms with Gasteiger partial charge in [0.1, 0.15) is 0 Å². The van der Waals surface area contributed by atoms with Gasteiger partial charge in [-0.1, -0.05) is 13.8 Å². The maximum absolute atomic E-state index is 5.59. The zero-order valence-electron chi connectivity index (χ0n) is 24.4. The Hall–Kier alpha value is -2.70. The molecule has 0 atom stereocenters. The van der Waals surface area contributed by atoms with Crippen molar-refractivity contribution in [1.82, 2.24) is 14.8 Å². The molecule has 0 radical (unpaired) electrons. The Morgan fingerprint density at radius 3 is 2.13 bits per heavy atom. The van der Waals surface area contributed by atoms with Gasteiger partial charge in [-0.05, 0) is 81.5 Å². The summed E-state index contributed by atoms with van der Waals surface area (Å²) in [5, 5.41) is 1.32. The summed E-state index contributed by atoms with van der Waals surface area (Å²) in [5.41, 5.74) is 6.46. The summed E-state index contributed by atoms with van der Waals surface area (Å²) < 4.78 is 11.1. The van der Waals surface area contributed by atoms with E-state index in [0.717, 1.165) is 30.2 Å². The Kier molecular flexibility index (Phi) is 7.65. The minimum Gasteiger partial charge on any atom is -0.493 e. The highest BCUT2D eigenvalue weighted by molar-refractivity contribution is 5.93. The van der Waals surface area contributed by atoms with Gasteiger partial charge in [-0.2, -0.15) is 0 Å². The molecule has 0 bridgehead atoms. The predicted octanol–water partition coefficient (Wildman–Crippen LogP) is 6.36. The first-order chi connectivity index (χ1) is 18.2. The van der Waals surface area contributed by atoms with E-state index in [1.807, 2.05) is 6.07 Å². The normalized spacial score (nSPS) is 18.5. The second-order valence-electron chi connectivity index (χ2n) is 12.3. The molecule has 6 heteroatoms. The van der Waals surface area contributed by atoms with Crippen molar-refractivity contribution in [2.24, 2.45) is 0 Å². The van der Waals surface area contributed by atoms with E-state index in [0.29, 0.717) is 12.0 Å². The molecule has 6 nitrogen and oxygen atoms in total. The van der Waals surface area contributed by atoms with Gasteiger partial charge in [0.2, 0.25) is 0 Å². The predicted molar refractivity (Wildman–Crippen MR) is 159 cm³/mol. The standard InChI is InChI=1S/C32H46N4O2/c1-22(2)30-26-21-25(9-10-27(26)33-31(30)23-8-11-28(37-6)29(20-23)38-7)34-14-12-24(13-15-34)35-16-18-36(19-17-35)32(3,4)5/h8-11,20-22,24,33H,12-19H2,1-7H3. The van der Waals surface area contributed by atoms with Gasteiger partial charge in [-0.3, -0.25) is 9.80 Å². The maximum atomic E-state index is 5.59. The van der Waals surface area contributed by atoms with E-state index in [-0.39, 0.29) is 5.54 Å². The smallest absolute Gasteiger partial charge is 0.161 e. The van der Waals surface area contributed by atoms with Crippen LogP contribution in [0.15, 0.2) is 36.4 Å². The van der Waals surface area contributed by atoms with Gasteiger partial charge in [0.05, 0.1) is 19.9 Å². The lowest BCUT2D eigenvalue weighted by molar-refractivity contribution is 0.0364. The molecule has 3 heterocycles. The summed E-state index contributed by atoms with van der Waals surface area (Å²) in [6, 6.07) is 13.9. The molecule has 2 fully saturated rings. The van der Waals surface area contributed by atoms with Gasteiger partial charge in [-0.25, -0.2) is 0 Å². The number of anilines is 1. The van der Waals surface area contributed by atoms with Gasteiger partial charge in [0.15, 0.2) is 11.5 Å². The molecule has 2 saturated heterocycles. The van der Waals surface area contributed by atoms with E-state index in [1.165, 1.54) is 66.9 Å². The van der Waals surface area contributed by atoms with Crippen molar-refractivity contribution < 1.29 is 9.47 Å². The van der Waals surface area contributed by atoms with Gasteiger partial charge in [-0.15, -0.1) is 0 Å². The average molecular weight is 519 g/mol. The summed E-state index contributed by atoms with van der Waals surface area (Å²) in [4.78, 5) is 11.7. The monoisotopic (exact) mass is 518 g/mol. The van der Waals surface area contributed by atoms with Crippen LogP contribution in [0, 0.1) is 0 Å². The number of benzene rings is 2. The van der Waals surface area contributed by atoms with Crippen molar-refractivity contribution in [3.63, 3.8) is 0 Å². The molecule has 2 aromatic carbocycles. The van der Waals surface area contributed by atoms with Gasteiger partial charge >= 0.3 is 0 Å². The molecule has 206 valence electrons. The Morgan fingerprint density at radius 2 is 1.53 bits per heavy atom. The van der Waals surface area contributed by atoms with Crippen LogP contribution >= 0.6 is 0 Å². The number of aromatic nitrogens is 1. The first-order valence-corrected chi connectivity index (χ1v) is 14.3. The number of aromatic amines is 1. The van der Waals surface area contributed by atoms with Crippen molar-refractivity contribution in [2.45, 2.75) is 65.0 Å². The van der Waals surface area contributed by atoms with Gasteiger partial charge in [0.25, 0.3) is 0 Å². The fourth-order valence-corrected chi connectivity index (χ4v) is 6.46. The van der Waals surface area contributed by atoms with E-state index in [9.17, 15) is 0 Å². The molecule has 3 aromatic rings. The number of H-pyrrole nitrogens is 1. The Morgan fingerprint density at radius 1 is 0.842 bits per heavy atom. The number of nitrogens with one attached hydrogen (secondary N) is 1.